The van der Waals surface area contributed by atoms with Crippen molar-refractivity contribution in [2.45, 2.75) is 32.1 Å². The molecule has 0 radical (unpaired) electrons. The summed E-state index contributed by atoms with van der Waals surface area (Å²) in [5.41, 5.74) is 2.49. The van der Waals surface area contributed by atoms with E-state index in [0.717, 1.165) is 25.9 Å². The molecule has 3 heterocycles. The van der Waals surface area contributed by atoms with Crippen molar-refractivity contribution in [3.05, 3.63) is 12.7 Å². The Balaban J connectivity index is 1.91. The fourth-order valence-electron chi connectivity index (χ4n) is 2.42. The summed E-state index contributed by atoms with van der Waals surface area (Å²) in [5.74, 6) is 6.83. The van der Waals surface area contributed by atoms with Gasteiger partial charge in [0.2, 0.25) is 11.9 Å². The number of hydrogen-bond acceptors (Lipinski definition) is 8. The predicted octanol–water partition coefficient (Wildman–Crippen LogP) is 0.508. The van der Waals surface area contributed by atoms with Crippen molar-refractivity contribution in [2.24, 2.45) is 5.84 Å². The third kappa shape index (κ3) is 3.24. The highest BCUT2D eigenvalue weighted by molar-refractivity contribution is 5.39. The first-order valence-electron chi connectivity index (χ1n) is 7.19. The molecular weight excluding hydrogens is 270 g/mol. The van der Waals surface area contributed by atoms with E-state index in [1.165, 1.54) is 30.3 Å². The molecular formula is C12H19N9. The van der Waals surface area contributed by atoms with E-state index < -0.39 is 0 Å². The van der Waals surface area contributed by atoms with E-state index in [4.69, 9.17) is 5.84 Å². The zero-order valence-corrected chi connectivity index (χ0v) is 11.8. The molecule has 0 aromatic carbocycles. The van der Waals surface area contributed by atoms with Gasteiger partial charge in [-0.3, -0.25) is 5.43 Å². The molecule has 21 heavy (non-hydrogen) atoms. The molecule has 112 valence electrons. The van der Waals surface area contributed by atoms with Crippen LogP contribution in [0.3, 0.4) is 0 Å². The summed E-state index contributed by atoms with van der Waals surface area (Å²) in [6.45, 7) is 1.90. The summed E-state index contributed by atoms with van der Waals surface area (Å²) >= 11 is 0. The van der Waals surface area contributed by atoms with E-state index in [0.29, 0.717) is 17.8 Å². The number of hydrazine groups is 1. The highest BCUT2D eigenvalue weighted by Gasteiger charge is 2.15. The van der Waals surface area contributed by atoms with E-state index in [1.807, 2.05) is 0 Å². The minimum absolute atomic E-state index is 0.326. The van der Waals surface area contributed by atoms with Gasteiger partial charge in [0.15, 0.2) is 0 Å². The topological polar surface area (TPSA) is 111 Å². The number of nitrogen functional groups attached to an aromatic ring is 1. The first kappa shape index (κ1) is 13.7. The molecule has 0 saturated carbocycles. The molecule has 9 nitrogen and oxygen atoms in total. The monoisotopic (exact) mass is 289 g/mol. The van der Waals surface area contributed by atoms with Crippen LogP contribution in [0.5, 0.6) is 0 Å². The number of hydrogen-bond donors (Lipinski definition) is 2. The molecule has 2 aromatic rings. The van der Waals surface area contributed by atoms with Crippen LogP contribution in [0.2, 0.25) is 0 Å². The molecule has 3 N–H and O–H groups in total. The maximum absolute atomic E-state index is 5.46. The van der Waals surface area contributed by atoms with Crippen molar-refractivity contribution in [1.29, 1.82) is 0 Å². The molecule has 1 saturated heterocycles. The zero-order chi connectivity index (χ0) is 14.5. The van der Waals surface area contributed by atoms with Crippen molar-refractivity contribution in [3.63, 3.8) is 0 Å². The van der Waals surface area contributed by atoms with Crippen molar-refractivity contribution < 1.29 is 0 Å². The second-order valence-electron chi connectivity index (χ2n) is 5.00. The molecule has 0 atom stereocenters. The highest BCUT2D eigenvalue weighted by atomic mass is 15.4. The second-order valence-corrected chi connectivity index (χ2v) is 5.00. The highest BCUT2D eigenvalue weighted by Crippen LogP contribution is 2.17. The van der Waals surface area contributed by atoms with Crippen LogP contribution in [-0.2, 0) is 0 Å². The SMILES string of the molecule is NNc1nc(N2CCCCCCC2)nc(-n2cncn2)n1. The van der Waals surface area contributed by atoms with Crippen molar-refractivity contribution in [3.8, 4) is 5.95 Å². The lowest BCUT2D eigenvalue weighted by atomic mass is 10.1. The average molecular weight is 289 g/mol. The Morgan fingerprint density at radius 2 is 1.67 bits per heavy atom. The molecule has 0 unspecified atom stereocenters. The van der Waals surface area contributed by atoms with Gasteiger partial charge in [-0.1, -0.05) is 19.3 Å². The van der Waals surface area contributed by atoms with Crippen molar-refractivity contribution in [1.82, 2.24) is 29.7 Å². The van der Waals surface area contributed by atoms with Gasteiger partial charge in [-0.25, -0.2) is 10.8 Å². The number of aromatic nitrogens is 6. The number of nitrogens with two attached hydrogens (primary N) is 1. The lowest BCUT2D eigenvalue weighted by Gasteiger charge is -2.25. The van der Waals surface area contributed by atoms with Crippen LogP contribution in [0.15, 0.2) is 12.7 Å². The molecule has 1 fully saturated rings. The second kappa shape index (κ2) is 6.44. The van der Waals surface area contributed by atoms with Gasteiger partial charge >= 0.3 is 0 Å². The first-order valence-corrected chi connectivity index (χ1v) is 7.19. The van der Waals surface area contributed by atoms with E-state index in [1.54, 1.807) is 6.33 Å². The molecule has 1 aliphatic heterocycles. The van der Waals surface area contributed by atoms with Gasteiger partial charge in [0.25, 0.3) is 5.95 Å². The number of nitrogens with zero attached hydrogens (tertiary/aromatic N) is 7. The quantitative estimate of drug-likeness (QED) is 0.621. The number of rotatable bonds is 3. The minimum Gasteiger partial charge on any atom is -0.341 e. The van der Waals surface area contributed by atoms with Crippen LogP contribution in [0.25, 0.3) is 5.95 Å². The van der Waals surface area contributed by atoms with Crippen LogP contribution < -0.4 is 16.2 Å². The van der Waals surface area contributed by atoms with Crippen LogP contribution >= 0.6 is 0 Å². The first-order chi connectivity index (χ1) is 10.4. The molecule has 0 bridgehead atoms. The Hall–Kier alpha value is -2.29. The number of anilines is 2. The van der Waals surface area contributed by atoms with Crippen LogP contribution in [0, 0.1) is 0 Å². The third-order valence-electron chi connectivity index (χ3n) is 3.50. The Bertz CT molecular complexity index is 560. The summed E-state index contributed by atoms with van der Waals surface area (Å²) in [7, 11) is 0. The van der Waals surface area contributed by atoms with Gasteiger partial charge in [0, 0.05) is 13.1 Å². The van der Waals surface area contributed by atoms with E-state index in [2.05, 4.69) is 35.4 Å². The van der Waals surface area contributed by atoms with E-state index in [-0.39, 0.29) is 0 Å². The molecule has 1 aliphatic rings. The fraction of sp³-hybridized carbons (Fsp3) is 0.583. The Kier molecular flexibility index (Phi) is 4.20. The average Bonchev–Trinajstić information content (AvgIpc) is 3.00. The predicted molar refractivity (Wildman–Crippen MR) is 77.9 cm³/mol. The molecule has 2 aromatic heterocycles. The molecule has 3 rings (SSSR count). The molecule has 0 amide bonds. The lowest BCUT2D eigenvalue weighted by Crippen LogP contribution is -2.30. The largest absolute Gasteiger partial charge is 0.341 e. The standard InChI is InChI=1S/C12H19N9/c13-19-10-16-11(20-6-4-2-1-3-5-7-20)18-12(17-10)21-9-14-8-15-21/h8-9H,1-7,13H2,(H,16,17,18,19). The summed E-state index contributed by atoms with van der Waals surface area (Å²) < 4.78 is 1.50. The van der Waals surface area contributed by atoms with Crippen LogP contribution in [0.4, 0.5) is 11.9 Å². The van der Waals surface area contributed by atoms with Gasteiger partial charge in [-0.15, -0.1) is 0 Å². The fourth-order valence-corrected chi connectivity index (χ4v) is 2.42. The minimum atomic E-state index is 0.326. The van der Waals surface area contributed by atoms with Gasteiger partial charge in [-0.2, -0.15) is 24.7 Å². The summed E-state index contributed by atoms with van der Waals surface area (Å²) in [5, 5.41) is 4.05. The zero-order valence-electron chi connectivity index (χ0n) is 11.8. The molecule has 9 heteroatoms. The maximum atomic E-state index is 5.46. The van der Waals surface area contributed by atoms with Gasteiger partial charge in [0.1, 0.15) is 12.7 Å². The van der Waals surface area contributed by atoms with Crippen LogP contribution in [0.1, 0.15) is 32.1 Å². The third-order valence-corrected chi connectivity index (χ3v) is 3.50. The number of nitrogens with one attached hydrogen (secondary N) is 1. The summed E-state index contributed by atoms with van der Waals surface area (Å²) in [6, 6.07) is 0. The Morgan fingerprint density at radius 3 is 2.33 bits per heavy atom. The van der Waals surface area contributed by atoms with Gasteiger partial charge in [0.05, 0.1) is 0 Å². The van der Waals surface area contributed by atoms with Crippen molar-refractivity contribution >= 4 is 11.9 Å². The molecule has 0 aliphatic carbocycles. The van der Waals surface area contributed by atoms with Crippen molar-refractivity contribution in [2.75, 3.05) is 23.4 Å². The van der Waals surface area contributed by atoms with Crippen LogP contribution in [-0.4, -0.2) is 42.8 Å². The smallest absolute Gasteiger partial charge is 0.258 e. The normalized spacial score (nSPS) is 16.3. The Morgan fingerprint density at radius 1 is 0.952 bits per heavy atom. The van der Waals surface area contributed by atoms with E-state index >= 15 is 0 Å². The van der Waals surface area contributed by atoms with E-state index in [9.17, 15) is 0 Å². The molecule has 0 spiro atoms. The summed E-state index contributed by atoms with van der Waals surface area (Å²) in [4.78, 5) is 19.2. The lowest BCUT2D eigenvalue weighted by molar-refractivity contribution is 0.549. The van der Waals surface area contributed by atoms with Gasteiger partial charge in [-0.05, 0) is 12.8 Å². The maximum Gasteiger partial charge on any atom is 0.258 e. The summed E-state index contributed by atoms with van der Waals surface area (Å²) in [6.07, 6.45) is 9.09. The Labute approximate surface area is 122 Å². The van der Waals surface area contributed by atoms with Gasteiger partial charge < -0.3 is 4.90 Å².